The molecule has 0 saturated carbocycles. The second kappa shape index (κ2) is 13.6. The third-order valence-corrected chi connectivity index (χ3v) is 4.97. The molecule has 0 aliphatic rings. The van der Waals surface area contributed by atoms with Gasteiger partial charge in [0.25, 0.3) is 0 Å². The van der Waals surface area contributed by atoms with Crippen LogP contribution in [-0.4, -0.2) is 31.5 Å². The molecule has 0 fully saturated rings. The van der Waals surface area contributed by atoms with Crippen LogP contribution in [0.3, 0.4) is 0 Å². The molecule has 13 heteroatoms. The number of aromatic carboxylic acids is 1. The van der Waals surface area contributed by atoms with Crippen LogP contribution in [-0.2, 0) is 23.6 Å². The topological polar surface area (TPSA) is 203 Å². The second-order valence-electron chi connectivity index (χ2n) is 7.21. The molecule has 195 valence electrons. The van der Waals surface area contributed by atoms with Gasteiger partial charge in [-0.3, -0.25) is 9.97 Å². The van der Waals surface area contributed by atoms with Crippen LogP contribution >= 0.6 is 0 Å². The summed E-state index contributed by atoms with van der Waals surface area (Å²) in [7, 11) is 0. The monoisotopic (exact) mass is 554 g/mol. The Bertz CT molecular complexity index is 1490. The zero-order valence-electron chi connectivity index (χ0n) is 19.5. The van der Waals surface area contributed by atoms with Crippen molar-refractivity contribution in [1.29, 1.82) is 0 Å². The summed E-state index contributed by atoms with van der Waals surface area (Å²) in [6.07, 6.45) is 4.89. The van der Waals surface area contributed by atoms with Gasteiger partial charge in [-0.1, -0.05) is 30.0 Å². The van der Waals surface area contributed by atoms with Crippen LogP contribution < -0.4 is 14.8 Å². The summed E-state index contributed by atoms with van der Waals surface area (Å²) < 4.78 is 1.63. The standard InChI is InChI=1S/C12H12N2O3.C12H8N2.Cu.NO3.H2O/c1-3-14-6-9(12(16)17)10(15)8-5-4-7(2)13-11(8)14;1-3-9-5-6-10-4-2-8-14-12(10)11(9)13-7-1;;2-1(3)4;/h4-6H,3H2,1-2H3,(H,16,17);1-8H;;;1H2/q;;+2;-1;/p-1. The summed E-state index contributed by atoms with van der Waals surface area (Å²) in [4.78, 5) is 32.1. The number of carboxylic acids is 1. The van der Waals surface area contributed by atoms with Crippen LogP contribution in [0.2, 0.25) is 0 Å². The molecule has 0 spiro atoms. The van der Waals surface area contributed by atoms with Crippen LogP contribution in [0.1, 0.15) is 23.0 Å². The van der Waals surface area contributed by atoms with Crippen molar-refractivity contribution < 1.29 is 47.2 Å². The van der Waals surface area contributed by atoms with Crippen LogP contribution in [0.5, 0.6) is 5.75 Å². The molecule has 0 aliphatic carbocycles. The second-order valence-corrected chi connectivity index (χ2v) is 7.21. The molecule has 4 heterocycles. The fourth-order valence-electron chi connectivity index (χ4n) is 3.43. The van der Waals surface area contributed by atoms with E-state index in [1.54, 1.807) is 29.1 Å². The van der Waals surface area contributed by atoms with Gasteiger partial charge >= 0.3 is 22.7 Å². The van der Waals surface area contributed by atoms with Gasteiger partial charge in [0, 0.05) is 35.7 Å². The number of pyridine rings is 4. The maximum Gasteiger partial charge on any atom is 2.00 e. The first kappa shape index (κ1) is 30.6. The zero-order valence-corrected chi connectivity index (χ0v) is 20.5. The third kappa shape index (κ3) is 7.27. The van der Waals surface area contributed by atoms with E-state index in [2.05, 4.69) is 39.2 Å². The van der Waals surface area contributed by atoms with E-state index in [-0.39, 0.29) is 28.1 Å². The van der Waals surface area contributed by atoms with E-state index >= 15 is 0 Å². The van der Waals surface area contributed by atoms with Gasteiger partial charge in [-0.15, -0.1) is 0 Å². The molecule has 0 bridgehead atoms. The minimum atomic E-state index is -1.75. The Labute approximate surface area is 220 Å². The smallest absolute Gasteiger partial charge is 0.871 e. The maximum atomic E-state index is 11.9. The fourth-order valence-corrected chi connectivity index (χ4v) is 3.43. The molecule has 1 radical (unpaired) electrons. The van der Waals surface area contributed by atoms with E-state index in [9.17, 15) is 15.0 Å². The summed E-state index contributed by atoms with van der Waals surface area (Å²) >= 11 is 0. The molecule has 0 saturated heterocycles. The van der Waals surface area contributed by atoms with Crippen molar-refractivity contribution in [2.75, 3.05) is 0 Å². The average molecular weight is 555 g/mol. The van der Waals surface area contributed by atoms with Crippen LogP contribution in [0.15, 0.2) is 67.1 Å². The quantitative estimate of drug-likeness (QED) is 0.100. The van der Waals surface area contributed by atoms with Crippen molar-refractivity contribution >= 4 is 38.8 Å². The van der Waals surface area contributed by atoms with Gasteiger partial charge in [-0.2, -0.15) is 0 Å². The van der Waals surface area contributed by atoms with Crippen molar-refractivity contribution in [2.45, 2.75) is 20.4 Å². The zero-order chi connectivity index (χ0) is 25.5. The van der Waals surface area contributed by atoms with E-state index in [0.29, 0.717) is 17.6 Å². The predicted molar refractivity (Wildman–Crippen MR) is 127 cm³/mol. The number of hydrogen-bond donors (Lipinski definition) is 0. The Kier molecular flexibility index (Phi) is 11.2. The molecule has 1 aromatic carbocycles. The average Bonchev–Trinajstić information content (AvgIpc) is 2.84. The number of nitrogens with zero attached hydrogens (tertiary/aromatic N) is 5. The number of fused-ring (bicyclic) bond motifs is 4. The number of carbonyl (C=O) groups excluding carboxylic acids is 1. The summed E-state index contributed by atoms with van der Waals surface area (Å²) in [5, 5.41) is 40.1. The Morgan fingerprint density at radius 2 is 1.49 bits per heavy atom. The Hall–Kier alpha value is -4.45. The first-order chi connectivity index (χ1) is 16.7. The van der Waals surface area contributed by atoms with Gasteiger partial charge in [0.2, 0.25) is 0 Å². The Balaban J connectivity index is 0.000000312. The molecule has 2 N–H and O–H groups in total. The number of aryl methyl sites for hydroxylation is 2. The van der Waals surface area contributed by atoms with Crippen LogP contribution in [0.4, 0.5) is 0 Å². The van der Waals surface area contributed by atoms with E-state index in [1.165, 1.54) is 6.20 Å². The van der Waals surface area contributed by atoms with E-state index in [0.717, 1.165) is 27.5 Å². The van der Waals surface area contributed by atoms with E-state index in [1.807, 2.05) is 26.0 Å². The van der Waals surface area contributed by atoms with Gasteiger partial charge in [0.05, 0.1) is 40.2 Å². The van der Waals surface area contributed by atoms with Crippen molar-refractivity contribution in [3.05, 3.63) is 93.7 Å². The van der Waals surface area contributed by atoms with Gasteiger partial charge in [-0.05, 0) is 36.2 Å². The number of carboxylic acid groups (broad SMARTS) is 1. The molecule has 4 aromatic heterocycles. The van der Waals surface area contributed by atoms with Crippen molar-refractivity contribution in [3.63, 3.8) is 0 Å². The third-order valence-electron chi connectivity index (χ3n) is 4.97. The molecule has 0 atom stereocenters. The summed E-state index contributed by atoms with van der Waals surface area (Å²) in [5.41, 5.74) is 2.91. The van der Waals surface area contributed by atoms with Crippen LogP contribution in [0, 0.1) is 22.2 Å². The van der Waals surface area contributed by atoms with E-state index < -0.39 is 16.8 Å². The molecule has 0 unspecified atom stereocenters. The molecular formula is C24H21CuN5O7. The number of carbonyl (C=O) groups is 1. The summed E-state index contributed by atoms with van der Waals surface area (Å²) in [6.45, 7) is 4.21. The van der Waals surface area contributed by atoms with E-state index in [4.69, 9.17) is 15.3 Å². The first-order valence-electron chi connectivity index (χ1n) is 10.3. The number of hydrogen-bond acceptors (Lipinski definition) is 9. The maximum absolute atomic E-state index is 11.9. The number of benzene rings is 1. The fraction of sp³-hybridized carbons (Fsp3) is 0.125. The normalized spacial score (nSPS) is 9.68. The van der Waals surface area contributed by atoms with Crippen molar-refractivity contribution in [2.24, 2.45) is 0 Å². The van der Waals surface area contributed by atoms with Crippen molar-refractivity contribution in [1.82, 2.24) is 15.0 Å². The Morgan fingerprint density at radius 3 is 1.95 bits per heavy atom. The number of rotatable bonds is 2. The number of aromatic nitrogens is 4. The molecule has 0 amide bonds. The van der Waals surface area contributed by atoms with Crippen LogP contribution in [0.25, 0.3) is 32.8 Å². The van der Waals surface area contributed by atoms with Gasteiger partial charge in [-0.25, -0.2) is 4.57 Å². The molecular weight excluding hydrogens is 534 g/mol. The SMILES string of the molecule is CC[n+]1cc(C(=O)[O-])c([O-])c2ccc(C)nc21.O.O=[N+]([O-])[O-].[Cu+2].c1cnc2c(c1)ccc1cccnc12. The predicted octanol–water partition coefficient (Wildman–Crippen LogP) is 1.00. The first-order valence-corrected chi connectivity index (χ1v) is 10.3. The molecule has 37 heavy (non-hydrogen) atoms. The molecule has 5 aromatic rings. The largest absolute Gasteiger partial charge is 2.00 e. The summed E-state index contributed by atoms with van der Waals surface area (Å²) in [6, 6.07) is 15.4. The Morgan fingerprint density at radius 1 is 0.973 bits per heavy atom. The van der Waals surface area contributed by atoms with Gasteiger partial charge < -0.3 is 35.8 Å². The summed E-state index contributed by atoms with van der Waals surface area (Å²) in [5.74, 6) is -2.00. The molecule has 0 aliphatic heterocycles. The minimum Gasteiger partial charge on any atom is -0.871 e. The van der Waals surface area contributed by atoms with Crippen molar-refractivity contribution in [3.8, 4) is 5.75 Å². The van der Waals surface area contributed by atoms with Gasteiger partial charge in [0.1, 0.15) is 5.69 Å². The molecule has 5 rings (SSSR count). The van der Waals surface area contributed by atoms with Gasteiger partial charge in [0.15, 0.2) is 0 Å². The molecule has 12 nitrogen and oxygen atoms in total. The minimum absolute atomic E-state index is 0.